The predicted octanol–water partition coefficient (Wildman–Crippen LogP) is 4.85. The molecule has 0 spiro atoms. The van der Waals surface area contributed by atoms with Gasteiger partial charge in [0.25, 0.3) is 0 Å². The maximum Gasteiger partial charge on any atom is 0.336 e. The lowest BCUT2D eigenvalue weighted by Gasteiger charge is -2.29. The molecule has 0 aliphatic carbocycles. The van der Waals surface area contributed by atoms with E-state index in [1.54, 1.807) is 6.07 Å². The number of rotatable bonds is 3. The van der Waals surface area contributed by atoms with E-state index in [4.69, 9.17) is 13.9 Å². The average Bonchev–Trinajstić information content (AvgIpc) is 2.65. The van der Waals surface area contributed by atoms with Crippen molar-refractivity contribution in [1.82, 2.24) is 0 Å². The molecule has 1 aliphatic rings. The Bertz CT molecular complexity index is 1110. The van der Waals surface area contributed by atoms with Crippen LogP contribution in [0.3, 0.4) is 0 Å². The third kappa shape index (κ3) is 2.97. The molecule has 2 unspecified atom stereocenters. The second-order valence-corrected chi connectivity index (χ2v) is 7.44. The van der Waals surface area contributed by atoms with E-state index in [9.17, 15) is 9.59 Å². The third-order valence-electron chi connectivity index (χ3n) is 5.07. The van der Waals surface area contributed by atoms with Crippen LogP contribution in [0.25, 0.3) is 22.1 Å². The van der Waals surface area contributed by atoms with Crippen molar-refractivity contribution in [2.75, 3.05) is 0 Å². The number of fused-ring (bicyclic) bond motifs is 3. The second-order valence-electron chi connectivity index (χ2n) is 7.44. The summed E-state index contributed by atoms with van der Waals surface area (Å²) in [4.78, 5) is 25.4. The highest BCUT2D eigenvalue weighted by Crippen LogP contribution is 2.44. The van der Waals surface area contributed by atoms with Crippen LogP contribution < -0.4 is 15.1 Å². The Labute approximate surface area is 162 Å². The van der Waals surface area contributed by atoms with Crippen molar-refractivity contribution in [3.05, 3.63) is 58.4 Å². The molecular weight excluding hydrogens is 356 g/mol. The van der Waals surface area contributed by atoms with Crippen molar-refractivity contribution in [2.45, 2.75) is 39.9 Å². The van der Waals surface area contributed by atoms with Gasteiger partial charge in [0.1, 0.15) is 23.2 Å². The summed E-state index contributed by atoms with van der Waals surface area (Å²) in [6.07, 6.45) is -0.374. The lowest BCUT2D eigenvalue weighted by atomic mass is 9.89. The molecule has 1 aromatic heterocycles. The fraction of sp³-hybridized carbons (Fsp3) is 0.304. The molecule has 1 aliphatic heterocycles. The molecule has 5 heteroatoms. The average molecular weight is 378 g/mol. The zero-order valence-electron chi connectivity index (χ0n) is 16.3. The molecule has 4 rings (SSSR count). The highest BCUT2D eigenvalue weighted by Gasteiger charge is 2.35. The van der Waals surface area contributed by atoms with E-state index in [1.807, 2.05) is 58.0 Å². The molecule has 5 nitrogen and oxygen atoms in total. The van der Waals surface area contributed by atoms with Crippen molar-refractivity contribution < 1.29 is 18.7 Å². The van der Waals surface area contributed by atoms with Gasteiger partial charge in [0.05, 0.1) is 17.4 Å². The predicted molar refractivity (Wildman–Crippen MR) is 107 cm³/mol. The molecule has 0 radical (unpaired) electrons. The Morgan fingerprint density at radius 3 is 2.43 bits per heavy atom. The molecule has 0 bridgehead atoms. The van der Waals surface area contributed by atoms with E-state index in [2.05, 4.69) is 0 Å². The van der Waals surface area contributed by atoms with E-state index in [0.717, 1.165) is 5.56 Å². The van der Waals surface area contributed by atoms with Crippen LogP contribution in [0.15, 0.2) is 51.7 Å². The zero-order chi connectivity index (χ0) is 20.0. The van der Waals surface area contributed by atoms with Gasteiger partial charge >= 0.3 is 5.63 Å². The zero-order valence-corrected chi connectivity index (χ0v) is 16.3. The molecule has 144 valence electrons. The van der Waals surface area contributed by atoms with Gasteiger partial charge < -0.3 is 13.9 Å². The molecule has 3 aromatic rings. The second kappa shape index (κ2) is 6.82. The quantitative estimate of drug-likeness (QED) is 0.610. The maximum absolute atomic E-state index is 13.1. The van der Waals surface area contributed by atoms with Crippen molar-refractivity contribution in [1.29, 1.82) is 0 Å². The summed E-state index contributed by atoms with van der Waals surface area (Å²) in [5.41, 5.74) is 1.54. The Hall–Kier alpha value is -3.08. The third-order valence-corrected chi connectivity index (χ3v) is 5.07. The fourth-order valence-corrected chi connectivity index (χ4v) is 3.55. The van der Waals surface area contributed by atoms with Crippen molar-refractivity contribution in [3.63, 3.8) is 0 Å². The van der Waals surface area contributed by atoms with E-state index < -0.39 is 5.63 Å². The molecule has 0 saturated heterocycles. The van der Waals surface area contributed by atoms with Gasteiger partial charge in [-0.2, -0.15) is 0 Å². The summed E-state index contributed by atoms with van der Waals surface area (Å²) in [6.45, 7) is 7.52. The molecule has 2 heterocycles. The van der Waals surface area contributed by atoms with Gasteiger partial charge in [0.2, 0.25) is 0 Å². The largest absolute Gasteiger partial charge is 0.490 e. The first-order valence-electron chi connectivity index (χ1n) is 9.44. The van der Waals surface area contributed by atoms with Crippen molar-refractivity contribution in [2.24, 2.45) is 5.92 Å². The molecule has 0 fully saturated rings. The number of benzene rings is 2. The summed E-state index contributed by atoms with van der Waals surface area (Å²) in [5, 5.41) is 0.608. The standard InChI is InChI=1S/C23H22O5/c1-12(2)26-17-11-18-21(22(25)13(3)14(4)27-18)23-20(17)16(10-19(24)28-23)15-8-6-5-7-9-15/h5-14H,1-4H3. The number of carbonyl (C=O) groups is 1. The minimum Gasteiger partial charge on any atom is -0.490 e. The highest BCUT2D eigenvalue weighted by molar-refractivity contribution is 6.14. The first-order chi connectivity index (χ1) is 13.4. The molecule has 0 N–H and O–H groups in total. The van der Waals surface area contributed by atoms with E-state index in [0.29, 0.717) is 28.0 Å². The number of hydrogen-bond acceptors (Lipinski definition) is 5. The molecule has 2 atom stereocenters. The van der Waals surface area contributed by atoms with Gasteiger partial charge in [-0.25, -0.2) is 4.79 Å². The number of carbonyl (C=O) groups excluding carboxylic acids is 1. The fourth-order valence-electron chi connectivity index (χ4n) is 3.55. The Balaban J connectivity index is 2.13. The van der Waals surface area contributed by atoms with Crippen molar-refractivity contribution >= 4 is 16.8 Å². The van der Waals surface area contributed by atoms with Gasteiger partial charge in [-0.1, -0.05) is 37.3 Å². The summed E-state index contributed by atoms with van der Waals surface area (Å²) in [7, 11) is 0. The van der Waals surface area contributed by atoms with Crippen LogP contribution in [0.5, 0.6) is 11.5 Å². The Kier molecular flexibility index (Phi) is 4.46. The lowest BCUT2D eigenvalue weighted by molar-refractivity contribution is 0.0730. The number of hydrogen-bond donors (Lipinski definition) is 0. The van der Waals surface area contributed by atoms with Crippen LogP contribution in [0.2, 0.25) is 0 Å². The summed E-state index contributed by atoms with van der Waals surface area (Å²) in [5.74, 6) is 0.495. The first kappa shape index (κ1) is 18.3. The van der Waals surface area contributed by atoms with Crippen LogP contribution >= 0.6 is 0 Å². The topological polar surface area (TPSA) is 65.7 Å². The molecule has 2 aromatic carbocycles. The smallest absolute Gasteiger partial charge is 0.336 e. The normalized spacial score (nSPS) is 18.8. The van der Waals surface area contributed by atoms with Gasteiger partial charge in [-0.05, 0) is 26.3 Å². The minimum atomic E-state index is -0.519. The maximum atomic E-state index is 13.1. The molecular formula is C23H22O5. The minimum absolute atomic E-state index is 0.0943. The highest BCUT2D eigenvalue weighted by atomic mass is 16.5. The van der Waals surface area contributed by atoms with Crippen LogP contribution in [0.1, 0.15) is 38.1 Å². The summed E-state index contributed by atoms with van der Waals surface area (Å²) >= 11 is 0. The number of Topliss-reactive ketones (excluding diaryl/α,β-unsaturated/α-hetero) is 1. The first-order valence-corrected chi connectivity index (χ1v) is 9.44. The Morgan fingerprint density at radius 1 is 1.04 bits per heavy atom. The molecule has 0 amide bonds. The van der Waals surface area contributed by atoms with E-state index in [1.165, 1.54) is 6.07 Å². The SMILES string of the molecule is CC(C)Oc1cc2c(c3oc(=O)cc(-c4ccccc4)c13)C(=O)C(C)C(C)O2. The van der Waals surface area contributed by atoms with Crippen LogP contribution in [0, 0.1) is 5.92 Å². The van der Waals surface area contributed by atoms with Crippen LogP contribution in [0.4, 0.5) is 0 Å². The summed E-state index contributed by atoms with van der Waals surface area (Å²) in [6, 6.07) is 12.7. The van der Waals surface area contributed by atoms with Gasteiger partial charge in [-0.15, -0.1) is 0 Å². The van der Waals surface area contributed by atoms with E-state index in [-0.39, 0.29) is 29.5 Å². The van der Waals surface area contributed by atoms with Crippen molar-refractivity contribution in [3.8, 4) is 22.6 Å². The number of ether oxygens (including phenoxy) is 2. The summed E-state index contributed by atoms with van der Waals surface area (Å²) < 4.78 is 17.6. The molecule has 28 heavy (non-hydrogen) atoms. The lowest BCUT2D eigenvalue weighted by Crippen LogP contribution is -2.33. The monoisotopic (exact) mass is 378 g/mol. The Morgan fingerprint density at radius 2 is 1.75 bits per heavy atom. The van der Waals surface area contributed by atoms with Gasteiger partial charge in [0, 0.05) is 17.7 Å². The van der Waals surface area contributed by atoms with Gasteiger partial charge in [0.15, 0.2) is 11.4 Å². The molecule has 0 saturated carbocycles. The van der Waals surface area contributed by atoms with E-state index >= 15 is 0 Å². The van der Waals surface area contributed by atoms with Gasteiger partial charge in [-0.3, -0.25) is 4.79 Å². The van der Waals surface area contributed by atoms with Crippen LogP contribution in [-0.2, 0) is 0 Å². The van der Waals surface area contributed by atoms with Crippen LogP contribution in [-0.4, -0.2) is 18.0 Å². The number of ketones is 1.